The molecule has 0 aliphatic heterocycles. The lowest BCUT2D eigenvalue weighted by Crippen LogP contribution is -2.07. The molecule has 0 radical (unpaired) electrons. The number of fused-ring (bicyclic) bond motifs is 1. The Hall–Kier alpha value is -2.04. The largest absolute Gasteiger partial charge is 0.506 e. The van der Waals surface area contributed by atoms with Crippen molar-refractivity contribution in [1.82, 2.24) is 9.61 Å². The first kappa shape index (κ1) is 9.51. The first-order chi connectivity index (χ1) is 7.13. The van der Waals surface area contributed by atoms with Crippen LogP contribution in [0.5, 0.6) is 5.75 Å². The fourth-order valence-electron chi connectivity index (χ4n) is 1.45. The van der Waals surface area contributed by atoms with E-state index in [0.717, 1.165) is 0 Å². The highest BCUT2D eigenvalue weighted by atomic mass is 16.5. The van der Waals surface area contributed by atoms with E-state index in [1.54, 1.807) is 19.1 Å². The summed E-state index contributed by atoms with van der Waals surface area (Å²) in [6.45, 7) is 1.74. The monoisotopic (exact) mass is 206 g/mol. The number of hydrogen-bond donors (Lipinski definition) is 1. The van der Waals surface area contributed by atoms with Crippen molar-refractivity contribution in [3.8, 4) is 5.75 Å². The second-order valence-electron chi connectivity index (χ2n) is 3.18. The zero-order valence-corrected chi connectivity index (χ0v) is 8.39. The third-order valence-corrected chi connectivity index (χ3v) is 2.12. The average Bonchev–Trinajstić information content (AvgIpc) is 2.60. The van der Waals surface area contributed by atoms with E-state index in [2.05, 4.69) is 9.84 Å². The van der Waals surface area contributed by atoms with Crippen molar-refractivity contribution in [1.29, 1.82) is 0 Å². The second kappa shape index (κ2) is 3.27. The minimum absolute atomic E-state index is 0.0950. The van der Waals surface area contributed by atoms with Crippen molar-refractivity contribution in [2.75, 3.05) is 7.11 Å². The lowest BCUT2D eigenvalue weighted by molar-refractivity contribution is 0.0591. The Morgan fingerprint density at radius 2 is 2.27 bits per heavy atom. The Balaban J connectivity index is 2.74. The van der Waals surface area contributed by atoms with Gasteiger partial charge in [0, 0.05) is 6.07 Å². The molecule has 0 unspecified atom stereocenters. The smallest absolute Gasteiger partial charge is 0.356 e. The fraction of sp³-hybridized carbons (Fsp3) is 0.200. The van der Waals surface area contributed by atoms with Gasteiger partial charge in [-0.2, -0.15) is 5.10 Å². The maximum absolute atomic E-state index is 11.3. The number of carbonyl (C=O) groups excluding carboxylic acids is 1. The third kappa shape index (κ3) is 1.41. The molecule has 0 spiro atoms. The molecule has 0 fully saturated rings. The summed E-state index contributed by atoms with van der Waals surface area (Å²) in [4.78, 5) is 11.3. The van der Waals surface area contributed by atoms with Gasteiger partial charge in [-0.25, -0.2) is 9.31 Å². The molecule has 2 aromatic heterocycles. The van der Waals surface area contributed by atoms with Gasteiger partial charge in [0.25, 0.3) is 0 Å². The minimum Gasteiger partial charge on any atom is -0.506 e. The number of aromatic hydroxyl groups is 1. The van der Waals surface area contributed by atoms with E-state index in [0.29, 0.717) is 16.9 Å². The van der Waals surface area contributed by atoms with E-state index in [9.17, 15) is 9.90 Å². The molecule has 0 bridgehead atoms. The molecule has 0 saturated heterocycles. The predicted octanol–water partition coefficient (Wildman–Crippen LogP) is 1.13. The van der Waals surface area contributed by atoms with E-state index in [1.165, 1.54) is 17.7 Å². The van der Waals surface area contributed by atoms with Crippen molar-refractivity contribution < 1.29 is 14.6 Å². The number of hydrogen-bond acceptors (Lipinski definition) is 4. The van der Waals surface area contributed by atoms with Gasteiger partial charge in [-0.1, -0.05) is 0 Å². The Bertz CT molecular complexity index is 531. The van der Waals surface area contributed by atoms with Crippen LogP contribution in [0.2, 0.25) is 0 Å². The van der Waals surface area contributed by atoms with Gasteiger partial charge in [-0.15, -0.1) is 0 Å². The number of ether oxygens (including phenoxy) is 1. The maximum Gasteiger partial charge on any atom is 0.356 e. The van der Waals surface area contributed by atoms with Gasteiger partial charge in [0.2, 0.25) is 0 Å². The van der Waals surface area contributed by atoms with Crippen LogP contribution in [0.1, 0.15) is 16.2 Å². The summed E-state index contributed by atoms with van der Waals surface area (Å²) in [5.74, 6) is -0.384. The number of rotatable bonds is 1. The van der Waals surface area contributed by atoms with Crippen molar-refractivity contribution in [3.05, 3.63) is 29.6 Å². The lowest BCUT2D eigenvalue weighted by Gasteiger charge is -2.02. The van der Waals surface area contributed by atoms with Crippen LogP contribution in [0.15, 0.2) is 18.2 Å². The van der Waals surface area contributed by atoms with Gasteiger partial charge in [0.05, 0.1) is 12.8 Å². The highest BCUT2D eigenvalue weighted by Crippen LogP contribution is 2.20. The molecular formula is C10H10N2O3. The van der Waals surface area contributed by atoms with Crippen molar-refractivity contribution in [2.24, 2.45) is 0 Å². The van der Waals surface area contributed by atoms with Crippen LogP contribution in [0.3, 0.4) is 0 Å². The van der Waals surface area contributed by atoms with Crippen LogP contribution < -0.4 is 0 Å². The Kier molecular flexibility index (Phi) is 2.07. The topological polar surface area (TPSA) is 63.8 Å². The molecule has 15 heavy (non-hydrogen) atoms. The van der Waals surface area contributed by atoms with Crippen LogP contribution >= 0.6 is 0 Å². The number of nitrogens with zero attached hydrogens (tertiary/aromatic N) is 2. The molecule has 78 valence electrons. The van der Waals surface area contributed by atoms with Crippen LogP contribution in [-0.4, -0.2) is 27.8 Å². The lowest BCUT2D eigenvalue weighted by atomic mass is 10.3. The molecule has 2 aromatic rings. The summed E-state index contributed by atoms with van der Waals surface area (Å²) in [5.41, 5.74) is 1.41. The van der Waals surface area contributed by atoms with Gasteiger partial charge < -0.3 is 9.84 Å². The number of aryl methyl sites for hydroxylation is 1. The van der Waals surface area contributed by atoms with Gasteiger partial charge in [0.1, 0.15) is 11.3 Å². The Morgan fingerprint density at radius 1 is 1.53 bits per heavy atom. The van der Waals surface area contributed by atoms with Gasteiger partial charge in [-0.3, -0.25) is 0 Å². The molecule has 0 saturated carbocycles. The summed E-state index contributed by atoms with van der Waals surface area (Å²) in [5, 5.41) is 13.7. The highest BCUT2D eigenvalue weighted by Gasteiger charge is 2.14. The summed E-state index contributed by atoms with van der Waals surface area (Å²) in [6, 6.07) is 4.72. The van der Waals surface area contributed by atoms with E-state index in [1.807, 2.05) is 0 Å². The molecule has 2 heterocycles. The summed E-state index contributed by atoms with van der Waals surface area (Å²) in [6.07, 6.45) is 0. The average molecular weight is 206 g/mol. The zero-order chi connectivity index (χ0) is 11.0. The standard InChI is InChI=1S/C10H10N2O3/c1-6-5-9(13)7-3-4-8(10(14)15-2)12(7)11-6/h3-5,13H,1-2H3. The SMILES string of the molecule is COC(=O)c1ccc2c(O)cc(C)nn12. The van der Waals surface area contributed by atoms with Gasteiger partial charge >= 0.3 is 5.97 Å². The van der Waals surface area contributed by atoms with Gasteiger partial charge in [0.15, 0.2) is 5.69 Å². The summed E-state index contributed by atoms with van der Waals surface area (Å²) < 4.78 is 5.97. The second-order valence-corrected chi connectivity index (χ2v) is 3.18. The van der Waals surface area contributed by atoms with E-state index in [-0.39, 0.29) is 5.75 Å². The molecule has 0 amide bonds. The van der Waals surface area contributed by atoms with Crippen LogP contribution in [-0.2, 0) is 4.74 Å². The van der Waals surface area contributed by atoms with E-state index < -0.39 is 5.97 Å². The van der Waals surface area contributed by atoms with Crippen LogP contribution in [0.4, 0.5) is 0 Å². The normalized spacial score (nSPS) is 10.5. The quantitative estimate of drug-likeness (QED) is 0.710. The Labute approximate surface area is 85.9 Å². The molecule has 5 nitrogen and oxygen atoms in total. The number of methoxy groups -OCH3 is 1. The van der Waals surface area contributed by atoms with E-state index >= 15 is 0 Å². The number of carbonyl (C=O) groups is 1. The number of esters is 1. The molecule has 1 N–H and O–H groups in total. The van der Waals surface area contributed by atoms with E-state index in [4.69, 9.17) is 0 Å². The molecule has 0 aliphatic carbocycles. The molecular weight excluding hydrogens is 196 g/mol. The first-order valence-electron chi connectivity index (χ1n) is 4.40. The van der Waals surface area contributed by atoms with Crippen molar-refractivity contribution in [3.63, 3.8) is 0 Å². The molecule has 2 rings (SSSR count). The highest BCUT2D eigenvalue weighted by molar-refractivity contribution is 5.89. The minimum atomic E-state index is -0.479. The van der Waals surface area contributed by atoms with Crippen LogP contribution in [0.25, 0.3) is 5.52 Å². The van der Waals surface area contributed by atoms with Crippen molar-refractivity contribution in [2.45, 2.75) is 6.92 Å². The third-order valence-electron chi connectivity index (χ3n) is 2.12. The zero-order valence-electron chi connectivity index (χ0n) is 8.39. The Morgan fingerprint density at radius 3 is 2.93 bits per heavy atom. The predicted molar refractivity (Wildman–Crippen MR) is 52.9 cm³/mol. The molecule has 5 heteroatoms. The van der Waals surface area contributed by atoms with Crippen LogP contribution in [0, 0.1) is 6.92 Å². The molecule has 0 aromatic carbocycles. The first-order valence-corrected chi connectivity index (χ1v) is 4.40. The number of aromatic nitrogens is 2. The van der Waals surface area contributed by atoms with Crippen molar-refractivity contribution >= 4 is 11.5 Å². The fourth-order valence-corrected chi connectivity index (χ4v) is 1.45. The summed E-state index contributed by atoms with van der Waals surface area (Å²) >= 11 is 0. The molecule has 0 aliphatic rings. The summed E-state index contributed by atoms with van der Waals surface area (Å²) in [7, 11) is 1.30. The van der Waals surface area contributed by atoms with Gasteiger partial charge in [-0.05, 0) is 19.1 Å². The molecule has 0 atom stereocenters. The maximum atomic E-state index is 11.3.